The molecule has 0 unspecified atom stereocenters. The van der Waals surface area contributed by atoms with E-state index >= 15 is 0 Å². The van der Waals surface area contributed by atoms with E-state index in [1.165, 1.54) is 27.0 Å². The van der Waals surface area contributed by atoms with Gasteiger partial charge in [0.2, 0.25) is 0 Å². The van der Waals surface area contributed by atoms with Crippen molar-refractivity contribution < 1.29 is 0 Å². The van der Waals surface area contributed by atoms with Gasteiger partial charge < -0.3 is 0 Å². The lowest BCUT2D eigenvalue weighted by atomic mass is 10.1. The maximum atomic E-state index is 2.44. The quantitative estimate of drug-likeness (QED) is 0.604. The van der Waals surface area contributed by atoms with Gasteiger partial charge in [0.15, 0.2) is 0 Å². The molecule has 0 bridgehead atoms. The molecule has 1 aliphatic carbocycles. The van der Waals surface area contributed by atoms with Gasteiger partial charge in [-0.25, -0.2) is 0 Å². The topological polar surface area (TPSA) is 0 Å². The van der Waals surface area contributed by atoms with Crippen LogP contribution < -0.4 is 15.9 Å². The van der Waals surface area contributed by atoms with Gasteiger partial charge in [-0.05, 0) is 47.8 Å². The highest BCUT2D eigenvalue weighted by atomic mass is 31.1. The second kappa shape index (κ2) is 6.75. The molecule has 0 N–H and O–H groups in total. The van der Waals surface area contributed by atoms with E-state index in [1.54, 1.807) is 5.57 Å². The molecule has 0 aromatic heterocycles. The minimum atomic E-state index is -0.517. The molecule has 0 radical (unpaired) electrons. The average molecular weight is 328 g/mol. The van der Waals surface area contributed by atoms with Crippen LogP contribution in [0.3, 0.4) is 0 Å². The first kappa shape index (κ1) is 15.4. The normalized spacial score (nSPS) is 13.0. The summed E-state index contributed by atoms with van der Waals surface area (Å²) in [5, 5.41) is 4.33. The summed E-state index contributed by atoms with van der Waals surface area (Å²) in [5.74, 6) is 0. The van der Waals surface area contributed by atoms with Crippen LogP contribution >= 0.6 is 7.92 Å². The molecule has 24 heavy (non-hydrogen) atoms. The van der Waals surface area contributed by atoms with Gasteiger partial charge in [-0.2, -0.15) is 0 Å². The average Bonchev–Trinajstić information content (AvgIpc) is 3.08. The van der Waals surface area contributed by atoms with E-state index in [4.69, 9.17) is 0 Å². The lowest BCUT2D eigenvalue weighted by Gasteiger charge is -2.21. The third-order valence-corrected chi connectivity index (χ3v) is 7.16. The van der Waals surface area contributed by atoms with E-state index in [-0.39, 0.29) is 0 Å². The van der Waals surface area contributed by atoms with Gasteiger partial charge in [-0.1, -0.05) is 97.4 Å². The molecule has 0 saturated carbocycles. The lowest BCUT2D eigenvalue weighted by molar-refractivity contribution is 1.04. The first-order valence-corrected chi connectivity index (χ1v) is 9.92. The van der Waals surface area contributed by atoms with Crippen LogP contribution in [0.2, 0.25) is 0 Å². The van der Waals surface area contributed by atoms with E-state index in [1.807, 2.05) is 0 Å². The first-order chi connectivity index (χ1) is 11.9. The Morgan fingerprint density at radius 2 is 1.38 bits per heavy atom. The Morgan fingerprint density at radius 3 is 1.96 bits per heavy atom. The smallest absolute Gasteiger partial charge is 0.00577 e. The lowest BCUT2D eigenvalue weighted by Crippen LogP contribution is -2.22. The molecule has 118 valence electrons. The number of hydrogen-bond acceptors (Lipinski definition) is 0. The van der Waals surface area contributed by atoms with E-state index in [2.05, 4.69) is 91.9 Å². The zero-order chi connectivity index (χ0) is 16.4. The van der Waals surface area contributed by atoms with Gasteiger partial charge in [0.25, 0.3) is 0 Å². The maximum Gasteiger partial charge on any atom is -0.00577 e. The monoisotopic (exact) mass is 328 g/mol. The summed E-state index contributed by atoms with van der Waals surface area (Å²) in [6.45, 7) is 2.26. The van der Waals surface area contributed by atoms with Crippen molar-refractivity contribution in [2.45, 2.75) is 19.8 Å². The maximum absolute atomic E-state index is 2.44. The van der Waals surface area contributed by atoms with Gasteiger partial charge in [-0.3, -0.25) is 0 Å². The molecule has 0 fully saturated rings. The number of benzene rings is 3. The Hall–Kier alpha value is -2.17. The van der Waals surface area contributed by atoms with E-state index in [0.717, 1.165) is 12.8 Å². The summed E-state index contributed by atoms with van der Waals surface area (Å²) >= 11 is 0. The van der Waals surface area contributed by atoms with Crippen molar-refractivity contribution >= 4 is 29.9 Å². The van der Waals surface area contributed by atoms with Crippen molar-refractivity contribution in [3.8, 4) is 0 Å². The Labute approximate surface area is 145 Å². The van der Waals surface area contributed by atoms with Crippen LogP contribution in [0.1, 0.15) is 24.5 Å². The summed E-state index contributed by atoms with van der Waals surface area (Å²) in [4.78, 5) is 0. The summed E-state index contributed by atoms with van der Waals surface area (Å²) in [6, 6.07) is 28.8. The van der Waals surface area contributed by atoms with Crippen molar-refractivity contribution in [3.05, 3.63) is 95.6 Å². The molecule has 4 rings (SSSR count). The van der Waals surface area contributed by atoms with E-state index in [9.17, 15) is 0 Å². The molecule has 3 aromatic rings. The molecule has 0 heterocycles. The molecule has 0 saturated heterocycles. The molecular formula is C23H21P. The van der Waals surface area contributed by atoms with E-state index in [0.29, 0.717) is 0 Å². The Kier molecular flexibility index (Phi) is 4.32. The van der Waals surface area contributed by atoms with Crippen LogP contribution in [0, 0.1) is 0 Å². The molecule has 0 nitrogen and oxygen atoms in total. The van der Waals surface area contributed by atoms with Crippen molar-refractivity contribution in [2.75, 3.05) is 0 Å². The van der Waals surface area contributed by atoms with Crippen molar-refractivity contribution in [2.24, 2.45) is 0 Å². The minimum Gasteiger partial charge on any atom is -0.0655 e. The van der Waals surface area contributed by atoms with E-state index < -0.39 is 7.92 Å². The fraction of sp³-hybridized carbons (Fsp3) is 0.130. The van der Waals surface area contributed by atoms with Gasteiger partial charge in [0.1, 0.15) is 0 Å². The fourth-order valence-electron chi connectivity index (χ4n) is 3.42. The van der Waals surface area contributed by atoms with Gasteiger partial charge in [-0.15, -0.1) is 0 Å². The Balaban J connectivity index is 1.91. The van der Waals surface area contributed by atoms with Crippen LogP contribution in [-0.2, 0) is 6.42 Å². The number of allylic oxidation sites excluding steroid dienone is 1. The summed E-state index contributed by atoms with van der Waals surface area (Å²) in [7, 11) is -0.517. The predicted octanol–water partition coefficient (Wildman–Crippen LogP) is 4.79. The number of rotatable bonds is 4. The standard InChI is InChI=1S/C23H21P/c1-2-18-16-19-10-9-15-23(22(19)17-18)24(20-11-5-3-6-12-20)21-13-7-4-8-14-21/h3-15,17H,2,16H2,1H3. The molecule has 0 atom stereocenters. The highest BCUT2D eigenvalue weighted by Crippen LogP contribution is 2.37. The van der Waals surface area contributed by atoms with Crippen molar-refractivity contribution in [1.29, 1.82) is 0 Å². The first-order valence-electron chi connectivity index (χ1n) is 8.58. The molecule has 0 amide bonds. The second-order valence-electron chi connectivity index (χ2n) is 6.19. The zero-order valence-electron chi connectivity index (χ0n) is 13.9. The highest BCUT2D eigenvalue weighted by Gasteiger charge is 2.22. The molecule has 0 spiro atoms. The van der Waals surface area contributed by atoms with Gasteiger partial charge in [0.05, 0.1) is 0 Å². The van der Waals surface area contributed by atoms with Crippen LogP contribution in [0.25, 0.3) is 6.08 Å². The van der Waals surface area contributed by atoms with Gasteiger partial charge in [0, 0.05) is 0 Å². The third kappa shape index (κ3) is 2.83. The largest absolute Gasteiger partial charge is 0.0655 e. The van der Waals surface area contributed by atoms with Crippen LogP contribution in [0.5, 0.6) is 0 Å². The summed E-state index contributed by atoms with van der Waals surface area (Å²) in [6.07, 6.45) is 4.70. The molecule has 0 aliphatic heterocycles. The second-order valence-corrected chi connectivity index (χ2v) is 8.37. The Morgan fingerprint density at radius 1 is 0.750 bits per heavy atom. The summed E-state index contributed by atoms with van der Waals surface area (Å²) < 4.78 is 0. The SMILES string of the molecule is CCC1=Cc2c(cccc2P(c2ccccc2)c2ccccc2)C1. The molecule has 3 aromatic carbocycles. The Bertz CT molecular complexity index is 824. The zero-order valence-corrected chi connectivity index (χ0v) is 14.8. The fourth-order valence-corrected chi connectivity index (χ4v) is 5.90. The molecule has 1 aliphatic rings. The van der Waals surface area contributed by atoms with Crippen LogP contribution in [-0.4, -0.2) is 0 Å². The number of fused-ring (bicyclic) bond motifs is 1. The van der Waals surface area contributed by atoms with Crippen molar-refractivity contribution in [3.63, 3.8) is 0 Å². The predicted molar refractivity (Wildman–Crippen MR) is 107 cm³/mol. The van der Waals surface area contributed by atoms with Crippen LogP contribution in [0.4, 0.5) is 0 Å². The molecular weight excluding hydrogens is 307 g/mol. The summed E-state index contributed by atoms with van der Waals surface area (Å²) in [5.41, 5.74) is 4.51. The highest BCUT2D eigenvalue weighted by molar-refractivity contribution is 7.80. The number of hydrogen-bond donors (Lipinski definition) is 0. The third-order valence-electron chi connectivity index (χ3n) is 4.66. The van der Waals surface area contributed by atoms with Gasteiger partial charge >= 0.3 is 0 Å². The van der Waals surface area contributed by atoms with Crippen LogP contribution in [0.15, 0.2) is 84.4 Å². The molecule has 1 heteroatoms. The minimum absolute atomic E-state index is 0.517. The van der Waals surface area contributed by atoms with Crippen molar-refractivity contribution in [1.82, 2.24) is 0 Å².